The molecule has 1 saturated heterocycles. The van der Waals surface area contributed by atoms with Crippen LogP contribution in [0.4, 0.5) is 0 Å². The summed E-state index contributed by atoms with van der Waals surface area (Å²) in [6.45, 7) is 11.3. The first-order chi connectivity index (χ1) is 11.6. The van der Waals surface area contributed by atoms with E-state index in [1.807, 2.05) is 0 Å². The smallest absolute Gasteiger partial charge is 0.0914 e. The second kappa shape index (κ2) is 13.1. The van der Waals surface area contributed by atoms with Crippen molar-refractivity contribution in [3.8, 4) is 0 Å². The number of rotatable bonds is 11. The van der Waals surface area contributed by atoms with E-state index in [0.29, 0.717) is 0 Å². The normalized spacial score (nSPS) is 20.5. The second-order valence-electron chi connectivity index (χ2n) is 8.58. The predicted molar refractivity (Wildman–Crippen MR) is 108 cm³/mol. The van der Waals surface area contributed by atoms with Crippen LogP contribution >= 0.6 is 0 Å². The zero-order chi connectivity index (χ0) is 17.7. The molecule has 0 spiro atoms. The Balaban J connectivity index is 2.10. The van der Waals surface area contributed by atoms with Crippen molar-refractivity contribution in [2.45, 2.75) is 71.1 Å². The lowest BCUT2D eigenvalue weighted by Gasteiger charge is -2.35. The van der Waals surface area contributed by atoms with Gasteiger partial charge in [-0.05, 0) is 26.9 Å². The van der Waals surface area contributed by atoms with Crippen molar-refractivity contribution < 1.29 is 4.48 Å². The van der Waals surface area contributed by atoms with Crippen LogP contribution in [0.1, 0.15) is 71.1 Å². The van der Waals surface area contributed by atoms with E-state index in [1.165, 1.54) is 115 Å². The Labute approximate surface area is 153 Å². The van der Waals surface area contributed by atoms with E-state index in [-0.39, 0.29) is 0 Å². The van der Waals surface area contributed by atoms with Crippen LogP contribution in [0, 0.1) is 0 Å². The molecule has 0 aliphatic carbocycles. The minimum Gasteiger partial charge on any atom is -0.324 e. The van der Waals surface area contributed by atoms with E-state index >= 15 is 0 Å². The summed E-state index contributed by atoms with van der Waals surface area (Å²) in [4.78, 5) is 5.02. The van der Waals surface area contributed by atoms with Crippen molar-refractivity contribution in [2.24, 2.45) is 0 Å². The van der Waals surface area contributed by atoms with Gasteiger partial charge in [0.2, 0.25) is 0 Å². The maximum absolute atomic E-state index is 2.51. The van der Waals surface area contributed by atoms with Gasteiger partial charge in [-0.15, -0.1) is 0 Å². The van der Waals surface area contributed by atoms with E-state index in [2.05, 4.69) is 37.9 Å². The first-order valence-electron chi connectivity index (χ1n) is 10.8. The topological polar surface area (TPSA) is 6.48 Å². The molecule has 0 bridgehead atoms. The van der Waals surface area contributed by atoms with E-state index in [0.717, 1.165) is 0 Å². The molecule has 144 valence electrons. The van der Waals surface area contributed by atoms with Gasteiger partial charge in [0, 0.05) is 26.2 Å². The van der Waals surface area contributed by atoms with Crippen LogP contribution in [0.5, 0.6) is 0 Å². The number of quaternary nitrogens is 1. The Morgan fingerprint density at radius 1 is 0.625 bits per heavy atom. The molecule has 1 heterocycles. The summed E-state index contributed by atoms with van der Waals surface area (Å²) < 4.78 is 1.27. The number of hydrogen-bond acceptors (Lipinski definition) is 2. The van der Waals surface area contributed by atoms with Crippen molar-refractivity contribution in [1.82, 2.24) is 9.80 Å². The van der Waals surface area contributed by atoms with E-state index in [1.54, 1.807) is 0 Å². The fourth-order valence-electron chi connectivity index (χ4n) is 3.71. The molecule has 0 aromatic rings. The summed E-state index contributed by atoms with van der Waals surface area (Å²) >= 11 is 0. The molecule has 0 N–H and O–H groups in total. The summed E-state index contributed by atoms with van der Waals surface area (Å²) in [5.41, 5.74) is 0. The molecule has 0 amide bonds. The lowest BCUT2D eigenvalue weighted by atomic mass is 10.1. The standard InChI is InChI=1S/C21H46N3/c1-5-6-7-8-9-10-11-12-13-14-19-24(4)20-17-22(2)15-16-23(3)18-21-24/h5-21H2,1-4H3/q+1. The molecule has 0 aromatic heterocycles. The Bertz CT molecular complexity index is 279. The Kier molecular flexibility index (Phi) is 12.0. The molecule has 24 heavy (non-hydrogen) atoms. The Morgan fingerprint density at radius 2 is 1.04 bits per heavy atom. The molecule has 3 heteroatoms. The number of nitrogens with zero attached hydrogens (tertiary/aromatic N) is 3. The number of hydrogen-bond donors (Lipinski definition) is 0. The van der Waals surface area contributed by atoms with Gasteiger partial charge in [0.25, 0.3) is 0 Å². The number of likely N-dealkylation sites (N-methyl/N-ethyl adjacent to an activating group) is 3. The number of unbranched alkanes of at least 4 members (excludes halogenated alkanes) is 9. The fourth-order valence-corrected chi connectivity index (χ4v) is 3.71. The van der Waals surface area contributed by atoms with Crippen molar-refractivity contribution in [1.29, 1.82) is 0 Å². The lowest BCUT2D eigenvalue weighted by Crippen LogP contribution is -2.50. The Morgan fingerprint density at radius 3 is 1.50 bits per heavy atom. The van der Waals surface area contributed by atoms with Gasteiger partial charge in [0.05, 0.1) is 26.7 Å². The zero-order valence-corrected chi connectivity index (χ0v) is 17.4. The minimum absolute atomic E-state index is 1.22. The average molecular weight is 341 g/mol. The first-order valence-corrected chi connectivity index (χ1v) is 10.8. The first kappa shape index (κ1) is 21.9. The molecule has 0 atom stereocenters. The van der Waals surface area contributed by atoms with Crippen LogP contribution in [-0.2, 0) is 0 Å². The maximum Gasteiger partial charge on any atom is 0.0914 e. The maximum atomic E-state index is 2.51. The summed E-state index contributed by atoms with van der Waals surface area (Å²) in [5, 5.41) is 0. The average Bonchev–Trinajstić information content (AvgIpc) is 2.63. The highest BCUT2D eigenvalue weighted by Gasteiger charge is 2.23. The summed E-state index contributed by atoms with van der Waals surface area (Å²) in [6, 6.07) is 0. The molecule has 0 aromatic carbocycles. The predicted octanol–water partition coefficient (Wildman–Crippen LogP) is 4.23. The van der Waals surface area contributed by atoms with Gasteiger partial charge in [-0.3, -0.25) is 9.80 Å². The van der Waals surface area contributed by atoms with Crippen molar-refractivity contribution in [3.05, 3.63) is 0 Å². The van der Waals surface area contributed by atoms with Gasteiger partial charge < -0.3 is 4.48 Å². The van der Waals surface area contributed by atoms with Gasteiger partial charge in [-0.2, -0.15) is 0 Å². The van der Waals surface area contributed by atoms with Crippen LogP contribution in [0.25, 0.3) is 0 Å². The fraction of sp³-hybridized carbons (Fsp3) is 1.00. The lowest BCUT2D eigenvalue weighted by molar-refractivity contribution is -0.908. The second-order valence-corrected chi connectivity index (χ2v) is 8.58. The molecular formula is C21H46N3+. The highest BCUT2D eigenvalue weighted by atomic mass is 15.4. The van der Waals surface area contributed by atoms with Crippen LogP contribution in [0.3, 0.4) is 0 Å². The summed E-state index contributed by atoms with van der Waals surface area (Å²) in [7, 11) is 7.05. The highest BCUT2D eigenvalue weighted by molar-refractivity contribution is 4.61. The van der Waals surface area contributed by atoms with Gasteiger partial charge in [-0.1, -0.05) is 58.3 Å². The molecule has 0 unspecified atom stereocenters. The zero-order valence-electron chi connectivity index (χ0n) is 17.4. The molecule has 3 nitrogen and oxygen atoms in total. The largest absolute Gasteiger partial charge is 0.324 e. The van der Waals surface area contributed by atoms with Gasteiger partial charge >= 0.3 is 0 Å². The quantitative estimate of drug-likeness (QED) is 0.410. The van der Waals surface area contributed by atoms with E-state index in [4.69, 9.17) is 0 Å². The van der Waals surface area contributed by atoms with Gasteiger partial charge in [0.15, 0.2) is 0 Å². The van der Waals surface area contributed by atoms with Crippen LogP contribution < -0.4 is 0 Å². The third-order valence-corrected chi connectivity index (χ3v) is 5.96. The van der Waals surface area contributed by atoms with E-state index in [9.17, 15) is 0 Å². The van der Waals surface area contributed by atoms with E-state index < -0.39 is 0 Å². The molecular weight excluding hydrogens is 294 g/mol. The monoisotopic (exact) mass is 340 g/mol. The molecule has 1 fully saturated rings. The minimum atomic E-state index is 1.22. The van der Waals surface area contributed by atoms with Gasteiger partial charge in [0.1, 0.15) is 0 Å². The van der Waals surface area contributed by atoms with Crippen LogP contribution in [0.2, 0.25) is 0 Å². The van der Waals surface area contributed by atoms with Crippen LogP contribution in [0.15, 0.2) is 0 Å². The molecule has 1 aliphatic rings. The third kappa shape index (κ3) is 10.7. The molecule has 1 aliphatic heterocycles. The summed E-state index contributed by atoms with van der Waals surface area (Å²) in [5.74, 6) is 0. The van der Waals surface area contributed by atoms with Gasteiger partial charge in [-0.25, -0.2) is 0 Å². The highest BCUT2D eigenvalue weighted by Crippen LogP contribution is 2.13. The third-order valence-electron chi connectivity index (χ3n) is 5.96. The van der Waals surface area contributed by atoms with Crippen LogP contribution in [-0.4, -0.2) is 81.2 Å². The summed E-state index contributed by atoms with van der Waals surface area (Å²) in [6.07, 6.45) is 14.4. The van der Waals surface area contributed by atoms with Crippen molar-refractivity contribution >= 4 is 0 Å². The Hall–Kier alpha value is -0.120. The van der Waals surface area contributed by atoms with Crippen molar-refractivity contribution in [2.75, 3.05) is 67.0 Å². The SMILES string of the molecule is CCCCCCCCCCCC[N+]1(C)CCN(C)CCN(C)CC1. The molecule has 0 radical (unpaired) electrons. The molecule has 1 rings (SSSR count). The van der Waals surface area contributed by atoms with Crippen molar-refractivity contribution in [3.63, 3.8) is 0 Å². The molecule has 0 saturated carbocycles.